The molecule has 0 aromatic heterocycles. The van der Waals surface area contributed by atoms with E-state index in [2.05, 4.69) is 0 Å². The summed E-state index contributed by atoms with van der Waals surface area (Å²) < 4.78 is 32.9. The number of nitro benzene ring substituents is 1. The minimum Gasteiger partial charge on any atom is -0.480 e. The topological polar surface area (TPSA) is 127 Å². The lowest BCUT2D eigenvalue weighted by molar-refractivity contribution is -0.385. The van der Waals surface area contributed by atoms with Crippen molar-refractivity contribution in [3.05, 3.63) is 88.5 Å². The number of sulfonamides is 1. The van der Waals surface area contributed by atoms with Crippen molar-refractivity contribution in [1.29, 1.82) is 0 Å². The number of aryl methyl sites for hydroxylation is 1. The van der Waals surface area contributed by atoms with Gasteiger partial charge in [0.15, 0.2) is 0 Å². The Morgan fingerprint density at radius 1 is 1.03 bits per heavy atom. The second-order valence-corrected chi connectivity index (χ2v) is 8.35. The van der Waals surface area contributed by atoms with Gasteiger partial charge in [-0.25, -0.2) is 8.42 Å². The molecule has 3 aromatic rings. The number of carboxylic acids is 1. The van der Waals surface area contributed by atoms with Gasteiger partial charge in [0, 0.05) is 12.1 Å². The molecule has 10 heteroatoms. The van der Waals surface area contributed by atoms with Crippen LogP contribution in [-0.4, -0.2) is 31.0 Å². The molecule has 0 aliphatic rings. The minimum absolute atomic E-state index is 0.0775. The van der Waals surface area contributed by atoms with Crippen molar-refractivity contribution < 1.29 is 28.0 Å². The van der Waals surface area contributed by atoms with Gasteiger partial charge in [-0.05, 0) is 48.9 Å². The van der Waals surface area contributed by atoms with Crippen molar-refractivity contribution in [2.24, 2.45) is 0 Å². The maximum Gasteiger partial charge on any atom is 0.324 e. The minimum atomic E-state index is -4.40. The molecule has 0 radical (unpaired) electrons. The van der Waals surface area contributed by atoms with Gasteiger partial charge in [-0.1, -0.05) is 24.3 Å². The maximum atomic E-state index is 13.2. The zero-order valence-corrected chi connectivity index (χ0v) is 17.2. The number of benzene rings is 3. The number of carbonyl (C=O) groups is 1. The molecule has 0 unspecified atom stereocenters. The summed E-state index contributed by atoms with van der Waals surface area (Å²) >= 11 is 0. The van der Waals surface area contributed by atoms with Crippen LogP contribution in [-0.2, 0) is 14.8 Å². The molecule has 0 atom stereocenters. The summed E-state index contributed by atoms with van der Waals surface area (Å²) in [7, 11) is -4.40. The van der Waals surface area contributed by atoms with Crippen LogP contribution in [0.15, 0.2) is 77.7 Å². The molecule has 0 aliphatic carbocycles. The first-order valence-corrected chi connectivity index (χ1v) is 10.4. The van der Waals surface area contributed by atoms with Crippen LogP contribution in [0.2, 0.25) is 0 Å². The van der Waals surface area contributed by atoms with E-state index in [1.165, 1.54) is 43.3 Å². The lowest BCUT2D eigenvalue weighted by Crippen LogP contribution is -2.36. The molecule has 0 saturated carbocycles. The van der Waals surface area contributed by atoms with Crippen LogP contribution in [0.4, 0.5) is 11.4 Å². The van der Waals surface area contributed by atoms with Gasteiger partial charge >= 0.3 is 5.97 Å². The standard InChI is InChI=1S/C21H18N2O7S/c1-15-7-8-17(23(26)27)13-20(15)31(28,29)22(14-21(24)25)16-9-11-19(12-10-16)30-18-5-3-2-4-6-18/h2-13H,14H2,1H3,(H,24,25). The summed E-state index contributed by atoms with van der Waals surface area (Å²) in [5.74, 6) is -0.372. The van der Waals surface area contributed by atoms with E-state index in [0.717, 1.165) is 6.07 Å². The van der Waals surface area contributed by atoms with Crippen LogP contribution in [0.25, 0.3) is 0 Å². The Hall–Kier alpha value is -3.92. The number of aliphatic carboxylic acids is 1. The number of nitro groups is 1. The average Bonchev–Trinajstić information content (AvgIpc) is 2.73. The number of anilines is 1. The van der Waals surface area contributed by atoms with Crippen LogP contribution >= 0.6 is 0 Å². The molecule has 0 spiro atoms. The molecule has 9 nitrogen and oxygen atoms in total. The Morgan fingerprint density at radius 3 is 2.23 bits per heavy atom. The first-order chi connectivity index (χ1) is 14.7. The van der Waals surface area contributed by atoms with Gasteiger partial charge in [0.2, 0.25) is 0 Å². The fourth-order valence-electron chi connectivity index (χ4n) is 2.84. The zero-order chi connectivity index (χ0) is 22.6. The van der Waals surface area contributed by atoms with E-state index in [1.807, 2.05) is 6.07 Å². The molecule has 31 heavy (non-hydrogen) atoms. The zero-order valence-electron chi connectivity index (χ0n) is 16.3. The highest BCUT2D eigenvalue weighted by atomic mass is 32.2. The maximum absolute atomic E-state index is 13.2. The first-order valence-electron chi connectivity index (χ1n) is 9.01. The van der Waals surface area contributed by atoms with Gasteiger partial charge in [-0.15, -0.1) is 0 Å². The Labute approximate surface area is 178 Å². The molecule has 0 saturated heterocycles. The highest BCUT2D eigenvalue weighted by Crippen LogP contribution is 2.30. The fraction of sp³-hybridized carbons (Fsp3) is 0.0952. The van der Waals surface area contributed by atoms with E-state index in [0.29, 0.717) is 15.8 Å². The molecule has 0 heterocycles. The van der Waals surface area contributed by atoms with E-state index in [4.69, 9.17) is 4.74 Å². The Bertz CT molecular complexity index is 1210. The second kappa shape index (κ2) is 8.84. The monoisotopic (exact) mass is 442 g/mol. The number of hydrogen-bond donors (Lipinski definition) is 1. The predicted molar refractivity (Wildman–Crippen MR) is 113 cm³/mol. The quantitative estimate of drug-likeness (QED) is 0.413. The molecule has 0 aliphatic heterocycles. The van der Waals surface area contributed by atoms with Crippen LogP contribution in [0, 0.1) is 17.0 Å². The van der Waals surface area contributed by atoms with E-state index in [9.17, 15) is 28.4 Å². The summed E-state index contributed by atoms with van der Waals surface area (Å²) in [5.41, 5.74) is -0.0789. The molecular weight excluding hydrogens is 424 g/mol. The van der Waals surface area contributed by atoms with E-state index < -0.39 is 33.1 Å². The van der Waals surface area contributed by atoms with E-state index in [-0.39, 0.29) is 16.1 Å². The number of rotatable bonds is 8. The van der Waals surface area contributed by atoms with Crippen molar-refractivity contribution in [2.45, 2.75) is 11.8 Å². The first kappa shape index (κ1) is 21.8. The molecule has 0 bridgehead atoms. The fourth-order valence-corrected chi connectivity index (χ4v) is 4.50. The number of carboxylic acid groups (broad SMARTS) is 1. The van der Waals surface area contributed by atoms with E-state index >= 15 is 0 Å². The smallest absolute Gasteiger partial charge is 0.324 e. The van der Waals surface area contributed by atoms with Crippen LogP contribution in [0.3, 0.4) is 0 Å². The van der Waals surface area contributed by atoms with Gasteiger partial charge in [0.1, 0.15) is 18.0 Å². The number of hydrogen-bond acceptors (Lipinski definition) is 6. The Balaban J connectivity index is 1.99. The number of nitrogens with zero attached hydrogens (tertiary/aromatic N) is 2. The van der Waals surface area contributed by atoms with Gasteiger partial charge < -0.3 is 9.84 Å². The van der Waals surface area contributed by atoms with Crippen LogP contribution in [0.5, 0.6) is 11.5 Å². The average molecular weight is 442 g/mol. The molecule has 0 fully saturated rings. The third-order valence-corrected chi connectivity index (χ3v) is 6.25. The Morgan fingerprint density at radius 2 is 1.65 bits per heavy atom. The van der Waals surface area contributed by atoms with Gasteiger partial charge in [0.05, 0.1) is 15.5 Å². The number of para-hydroxylation sites is 1. The summed E-state index contributed by atoms with van der Waals surface area (Å²) in [6.07, 6.45) is 0. The molecule has 1 N–H and O–H groups in total. The van der Waals surface area contributed by atoms with Crippen molar-refractivity contribution in [3.8, 4) is 11.5 Å². The second-order valence-electron chi connectivity index (χ2n) is 6.52. The molecule has 3 aromatic carbocycles. The molecule has 160 valence electrons. The lowest BCUT2D eigenvalue weighted by Gasteiger charge is -2.23. The number of ether oxygens (including phenoxy) is 1. The summed E-state index contributed by atoms with van der Waals surface area (Å²) in [5, 5.41) is 20.4. The molecule has 0 amide bonds. The Kier molecular flexibility index (Phi) is 6.21. The normalized spacial score (nSPS) is 11.0. The van der Waals surface area contributed by atoms with Crippen molar-refractivity contribution in [3.63, 3.8) is 0 Å². The number of non-ortho nitro benzene ring substituents is 1. The van der Waals surface area contributed by atoms with Crippen molar-refractivity contribution >= 4 is 27.4 Å². The van der Waals surface area contributed by atoms with Crippen LogP contribution in [0.1, 0.15) is 5.56 Å². The van der Waals surface area contributed by atoms with Gasteiger partial charge in [0.25, 0.3) is 15.7 Å². The molecule has 3 rings (SSSR count). The van der Waals surface area contributed by atoms with Gasteiger partial charge in [-0.3, -0.25) is 19.2 Å². The summed E-state index contributed by atoms with van der Waals surface area (Å²) in [4.78, 5) is 21.4. The highest BCUT2D eigenvalue weighted by molar-refractivity contribution is 7.93. The van der Waals surface area contributed by atoms with Crippen molar-refractivity contribution in [2.75, 3.05) is 10.8 Å². The predicted octanol–water partition coefficient (Wildman–Crippen LogP) is 3.98. The third kappa shape index (κ3) is 4.98. The largest absolute Gasteiger partial charge is 0.480 e. The van der Waals surface area contributed by atoms with Gasteiger partial charge in [-0.2, -0.15) is 0 Å². The van der Waals surface area contributed by atoms with E-state index in [1.54, 1.807) is 24.3 Å². The summed E-state index contributed by atoms with van der Waals surface area (Å²) in [6, 6.07) is 18.2. The summed E-state index contributed by atoms with van der Waals surface area (Å²) in [6.45, 7) is 0.621. The van der Waals surface area contributed by atoms with Crippen LogP contribution < -0.4 is 9.04 Å². The SMILES string of the molecule is Cc1ccc([N+](=O)[O-])cc1S(=O)(=O)N(CC(=O)O)c1ccc(Oc2ccccc2)cc1. The lowest BCUT2D eigenvalue weighted by atomic mass is 10.2. The highest BCUT2D eigenvalue weighted by Gasteiger charge is 2.30. The molecular formula is C21H18N2O7S. The van der Waals surface area contributed by atoms with Crippen molar-refractivity contribution in [1.82, 2.24) is 0 Å². The third-order valence-electron chi connectivity index (χ3n) is 4.33.